The molecule has 0 N–H and O–H groups in total. The fourth-order valence-corrected chi connectivity index (χ4v) is 4.35. The van der Waals surface area contributed by atoms with Crippen molar-refractivity contribution < 1.29 is 13.3 Å². The summed E-state index contributed by atoms with van der Waals surface area (Å²) in [5.74, 6) is 0. The molecule has 17 heavy (non-hydrogen) atoms. The topological polar surface area (TPSA) is 27.7 Å². The Kier molecular flexibility index (Phi) is 7.95. The highest BCUT2D eigenvalue weighted by Crippen LogP contribution is 2.19. The Morgan fingerprint density at radius 1 is 0.824 bits per heavy atom. The molecule has 0 aromatic heterocycles. The maximum absolute atomic E-state index is 5.97. The van der Waals surface area contributed by atoms with E-state index in [1.54, 1.807) is 0 Å². The third-order valence-electron chi connectivity index (χ3n) is 1.76. The van der Waals surface area contributed by atoms with Gasteiger partial charge >= 0.3 is 8.80 Å². The fourth-order valence-electron chi connectivity index (χ4n) is 1.45. The molecule has 0 heterocycles. The molecule has 0 radical (unpaired) electrons. The van der Waals surface area contributed by atoms with Gasteiger partial charge in [-0.2, -0.15) is 0 Å². The van der Waals surface area contributed by atoms with E-state index in [9.17, 15) is 0 Å². The Balaban J connectivity index is 4.96. The summed E-state index contributed by atoms with van der Waals surface area (Å²) in [6.07, 6.45) is 3.32. The fraction of sp³-hybridized carbons (Fsp3) is 0.846. The van der Waals surface area contributed by atoms with E-state index in [1.807, 2.05) is 47.2 Å². The molecule has 0 aromatic rings. The molecule has 0 saturated heterocycles. The number of allylic oxidation sites excluding steroid dienone is 1. The predicted octanol–water partition coefficient (Wildman–Crippen LogP) is 3.71. The van der Waals surface area contributed by atoms with Crippen molar-refractivity contribution in [2.75, 3.05) is 0 Å². The second kappa shape index (κ2) is 8.03. The molecule has 4 heteroatoms. The van der Waals surface area contributed by atoms with Gasteiger partial charge < -0.3 is 13.3 Å². The van der Waals surface area contributed by atoms with Crippen LogP contribution in [0.3, 0.4) is 0 Å². The van der Waals surface area contributed by atoms with Gasteiger partial charge in [0.1, 0.15) is 0 Å². The number of rotatable bonds is 8. The Morgan fingerprint density at radius 3 is 1.41 bits per heavy atom. The van der Waals surface area contributed by atoms with Crippen LogP contribution in [0.4, 0.5) is 0 Å². The average Bonchev–Trinajstić information content (AvgIpc) is 2.11. The van der Waals surface area contributed by atoms with E-state index in [0.717, 1.165) is 6.42 Å². The van der Waals surface area contributed by atoms with Crippen LogP contribution in [0.25, 0.3) is 0 Å². The van der Waals surface area contributed by atoms with Crippen molar-refractivity contribution in [2.24, 2.45) is 0 Å². The Hall–Kier alpha value is -0.163. The van der Waals surface area contributed by atoms with Crippen molar-refractivity contribution >= 4 is 8.80 Å². The molecule has 0 aromatic carbocycles. The van der Waals surface area contributed by atoms with Crippen molar-refractivity contribution in [1.82, 2.24) is 0 Å². The van der Waals surface area contributed by atoms with E-state index in [0.29, 0.717) is 0 Å². The molecular weight excluding hydrogens is 232 g/mol. The largest absolute Gasteiger partial charge is 0.529 e. The van der Waals surface area contributed by atoms with Crippen molar-refractivity contribution in [3.8, 4) is 0 Å². The quantitative estimate of drug-likeness (QED) is 0.623. The molecule has 0 atom stereocenters. The molecule has 0 unspecified atom stereocenters. The van der Waals surface area contributed by atoms with Crippen LogP contribution in [0.1, 0.15) is 54.9 Å². The van der Waals surface area contributed by atoms with Gasteiger partial charge in [-0.1, -0.05) is 13.0 Å². The van der Waals surface area contributed by atoms with Gasteiger partial charge in [-0.05, 0) is 53.7 Å². The summed E-state index contributed by atoms with van der Waals surface area (Å²) in [7, 11) is -2.69. The molecule has 0 rings (SSSR count). The van der Waals surface area contributed by atoms with Crippen LogP contribution in [-0.4, -0.2) is 27.1 Å². The summed E-state index contributed by atoms with van der Waals surface area (Å²) in [5.41, 5.74) is 2.01. The van der Waals surface area contributed by atoms with E-state index in [2.05, 4.69) is 13.0 Å². The molecule has 0 saturated carbocycles. The molecular formula is C13H28O3Si. The molecule has 0 spiro atoms. The lowest BCUT2D eigenvalue weighted by Crippen LogP contribution is -2.49. The Labute approximate surface area is 108 Å². The van der Waals surface area contributed by atoms with Crippen LogP contribution in [-0.2, 0) is 13.3 Å². The zero-order valence-electron chi connectivity index (χ0n) is 12.3. The van der Waals surface area contributed by atoms with Gasteiger partial charge in [0.15, 0.2) is 0 Å². The van der Waals surface area contributed by atoms with Crippen molar-refractivity contribution in [1.29, 1.82) is 0 Å². The normalized spacial score (nSPS) is 13.5. The Bertz CT molecular complexity index is 198. The van der Waals surface area contributed by atoms with E-state index in [-0.39, 0.29) is 18.3 Å². The maximum atomic E-state index is 5.97. The van der Waals surface area contributed by atoms with Crippen LogP contribution in [0, 0.1) is 0 Å². The SMILES string of the molecule is CCC=C[Si](OC(C)C)(OC(C)C)OC(C)C. The van der Waals surface area contributed by atoms with Crippen LogP contribution in [0.15, 0.2) is 11.8 Å². The summed E-state index contributed by atoms with van der Waals surface area (Å²) in [5, 5.41) is 0. The lowest BCUT2D eigenvalue weighted by molar-refractivity contribution is 0.0139. The van der Waals surface area contributed by atoms with E-state index < -0.39 is 8.80 Å². The minimum absolute atomic E-state index is 0.0978. The van der Waals surface area contributed by atoms with Crippen molar-refractivity contribution in [3.63, 3.8) is 0 Å². The zero-order chi connectivity index (χ0) is 13.5. The zero-order valence-corrected chi connectivity index (χ0v) is 13.3. The lowest BCUT2D eigenvalue weighted by atomic mass is 10.5. The molecule has 102 valence electrons. The Morgan fingerprint density at radius 2 is 1.18 bits per heavy atom. The first-order chi connectivity index (χ1) is 7.81. The first-order valence-electron chi connectivity index (χ1n) is 6.52. The van der Waals surface area contributed by atoms with Crippen molar-refractivity contribution in [3.05, 3.63) is 11.8 Å². The molecule has 0 aliphatic heterocycles. The minimum atomic E-state index is -2.69. The van der Waals surface area contributed by atoms with Gasteiger partial charge in [-0.3, -0.25) is 0 Å². The summed E-state index contributed by atoms with van der Waals surface area (Å²) in [4.78, 5) is 0. The second-order valence-corrected chi connectivity index (χ2v) is 7.16. The summed E-state index contributed by atoms with van der Waals surface area (Å²) < 4.78 is 17.9. The first-order valence-corrected chi connectivity index (χ1v) is 8.32. The van der Waals surface area contributed by atoms with E-state index in [4.69, 9.17) is 13.3 Å². The summed E-state index contributed by atoms with van der Waals surface area (Å²) in [6, 6.07) is 0. The van der Waals surface area contributed by atoms with Crippen LogP contribution in [0.5, 0.6) is 0 Å². The summed E-state index contributed by atoms with van der Waals surface area (Å²) in [6.45, 7) is 14.1. The van der Waals surface area contributed by atoms with Crippen LogP contribution < -0.4 is 0 Å². The molecule has 0 amide bonds. The van der Waals surface area contributed by atoms with Gasteiger partial charge in [0, 0.05) is 18.3 Å². The summed E-state index contributed by atoms with van der Waals surface area (Å²) >= 11 is 0. The highest BCUT2D eigenvalue weighted by molar-refractivity contribution is 6.66. The van der Waals surface area contributed by atoms with Gasteiger partial charge in [-0.25, -0.2) is 0 Å². The van der Waals surface area contributed by atoms with Crippen LogP contribution >= 0.6 is 0 Å². The molecule has 0 bridgehead atoms. The van der Waals surface area contributed by atoms with E-state index in [1.165, 1.54) is 0 Å². The van der Waals surface area contributed by atoms with Gasteiger partial charge in [0.25, 0.3) is 0 Å². The third kappa shape index (κ3) is 7.71. The number of hydrogen-bond donors (Lipinski definition) is 0. The highest BCUT2D eigenvalue weighted by Gasteiger charge is 2.41. The third-order valence-corrected chi connectivity index (χ3v) is 4.80. The minimum Gasteiger partial charge on any atom is -0.368 e. The average molecular weight is 260 g/mol. The van der Waals surface area contributed by atoms with Crippen LogP contribution in [0.2, 0.25) is 0 Å². The molecule has 0 aliphatic carbocycles. The molecule has 0 fully saturated rings. The number of hydrogen-bond acceptors (Lipinski definition) is 3. The van der Waals surface area contributed by atoms with Crippen molar-refractivity contribution in [2.45, 2.75) is 73.2 Å². The molecule has 0 aliphatic rings. The predicted molar refractivity (Wildman–Crippen MR) is 73.8 cm³/mol. The van der Waals surface area contributed by atoms with E-state index >= 15 is 0 Å². The maximum Gasteiger partial charge on any atom is 0.529 e. The smallest absolute Gasteiger partial charge is 0.368 e. The molecule has 3 nitrogen and oxygen atoms in total. The highest BCUT2D eigenvalue weighted by atomic mass is 28.4. The van der Waals surface area contributed by atoms with Gasteiger partial charge in [0.05, 0.1) is 0 Å². The standard InChI is InChI=1S/C13H28O3Si/c1-8-9-10-17(14-11(2)3,15-12(4)5)16-13(6)7/h9-13H,8H2,1-7H3. The second-order valence-electron chi connectivity index (χ2n) is 4.91. The van der Waals surface area contributed by atoms with Gasteiger partial charge in [-0.15, -0.1) is 0 Å². The first kappa shape index (κ1) is 16.8. The monoisotopic (exact) mass is 260 g/mol. The lowest BCUT2D eigenvalue weighted by Gasteiger charge is -2.32. The van der Waals surface area contributed by atoms with Gasteiger partial charge in [0.2, 0.25) is 0 Å².